The predicted octanol–water partition coefficient (Wildman–Crippen LogP) is 5.31. The first-order chi connectivity index (χ1) is 16.0. The second-order valence-corrected chi connectivity index (χ2v) is 10.3. The summed E-state index contributed by atoms with van der Waals surface area (Å²) in [5.41, 5.74) is 1.05. The van der Waals surface area contributed by atoms with E-state index >= 15 is 0 Å². The zero-order chi connectivity index (χ0) is 22.4. The lowest BCUT2D eigenvalue weighted by atomic mass is 9.49. The lowest BCUT2D eigenvalue weighted by Crippen LogP contribution is -2.47. The standard InChI is InChI=1S/C26H29N5O2/c1-17-27-8-9-31(17)23-6-7-25(30-29-23)33-22-4-2-21(3-5-22)28-24(32)16-26-13-18-10-19(14-26)12-20(11-18)15-26/h2-9,18-20H,10-16H2,1H3,(H,28,32). The van der Waals surface area contributed by atoms with Gasteiger partial charge in [0.2, 0.25) is 11.8 Å². The predicted molar refractivity (Wildman–Crippen MR) is 124 cm³/mol. The number of nitrogens with one attached hydrogen (secondary N) is 1. The topological polar surface area (TPSA) is 81.9 Å². The number of imidazole rings is 1. The molecule has 2 aromatic heterocycles. The van der Waals surface area contributed by atoms with E-state index in [0.717, 1.165) is 29.3 Å². The van der Waals surface area contributed by atoms with Gasteiger partial charge in [0, 0.05) is 30.6 Å². The lowest BCUT2D eigenvalue weighted by molar-refractivity contribution is -0.124. The molecule has 4 saturated carbocycles. The SMILES string of the molecule is Cc1nccn1-c1ccc(Oc2ccc(NC(=O)CC34CC5CC(CC(C5)C3)C4)cc2)nn1. The van der Waals surface area contributed by atoms with Crippen LogP contribution in [0.4, 0.5) is 5.69 Å². The Labute approximate surface area is 193 Å². The van der Waals surface area contributed by atoms with E-state index in [-0.39, 0.29) is 11.3 Å². The van der Waals surface area contributed by atoms with Crippen LogP contribution in [0, 0.1) is 30.1 Å². The molecule has 1 aromatic carbocycles. The van der Waals surface area contributed by atoms with Gasteiger partial charge in [-0.2, -0.15) is 0 Å². The van der Waals surface area contributed by atoms with Gasteiger partial charge in [0.25, 0.3) is 0 Å². The van der Waals surface area contributed by atoms with E-state index in [1.807, 2.05) is 48.0 Å². The van der Waals surface area contributed by atoms with Crippen molar-refractivity contribution in [3.8, 4) is 17.4 Å². The van der Waals surface area contributed by atoms with Crippen molar-refractivity contribution < 1.29 is 9.53 Å². The zero-order valence-corrected chi connectivity index (χ0v) is 18.9. The summed E-state index contributed by atoms with van der Waals surface area (Å²) in [6.07, 6.45) is 12.2. The molecule has 3 aromatic rings. The summed E-state index contributed by atoms with van der Waals surface area (Å²) in [5.74, 6) is 5.32. The van der Waals surface area contributed by atoms with Crippen molar-refractivity contribution in [2.45, 2.75) is 51.9 Å². The molecule has 7 rings (SSSR count). The molecule has 1 amide bonds. The van der Waals surface area contributed by atoms with Gasteiger partial charge in [-0.25, -0.2) is 4.98 Å². The highest BCUT2D eigenvalue weighted by Crippen LogP contribution is 2.61. The van der Waals surface area contributed by atoms with Crippen LogP contribution in [-0.4, -0.2) is 25.7 Å². The van der Waals surface area contributed by atoms with Crippen molar-refractivity contribution in [1.82, 2.24) is 19.7 Å². The molecule has 4 fully saturated rings. The van der Waals surface area contributed by atoms with Crippen molar-refractivity contribution in [1.29, 1.82) is 0 Å². The minimum atomic E-state index is 0.141. The van der Waals surface area contributed by atoms with Crippen molar-refractivity contribution in [2.24, 2.45) is 23.2 Å². The Kier molecular flexibility index (Phi) is 4.93. The maximum Gasteiger partial charge on any atom is 0.238 e. The second-order valence-electron chi connectivity index (χ2n) is 10.3. The molecule has 4 bridgehead atoms. The van der Waals surface area contributed by atoms with Gasteiger partial charge in [-0.1, -0.05) is 0 Å². The Balaban J connectivity index is 1.06. The molecule has 0 aliphatic heterocycles. The molecule has 1 N–H and O–H groups in total. The van der Waals surface area contributed by atoms with Gasteiger partial charge in [-0.3, -0.25) is 9.36 Å². The lowest BCUT2D eigenvalue weighted by Gasteiger charge is -2.56. The third-order valence-electron chi connectivity index (χ3n) is 7.76. The smallest absolute Gasteiger partial charge is 0.238 e. The van der Waals surface area contributed by atoms with Crippen LogP contribution < -0.4 is 10.1 Å². The normalized spacial score (nSPS) is 27.5. The van der Waals surface area contributed by atoms with Gasteiger partial charge in [-0.05, 0) is 98.9 Å². The molecule has 7 heteroatoms. The average Bonchev–Trinajstić information content (AvgIpc) is 3.20. The van der Waals surface area contributed by atoms with Crippen LogP contribution in [-0.2, 0) is 4.79 Å². The molecule has 4 aliphatic rings. The third-order valence-corrected chi connectivity index (χ3v) is 7.76. The number of benzene rings is 1. The molecule has 33 heavy (non-hydrogen) atoms. The van der Waals surface area contributed by atoms with Gasteiger partial charge in [-0.15, -0.1) is 10.2 Å². The van der Waals surface area contributed by atoms with Crippen molar-refractivity contribution >= 4 is 11.6 Å². The minimum Gasteiger partial charge on any atom is -0.438 e. The molecule has 0 atom stereocenters. The number of carbonyl (C=O) groups excluding carboxylic acids is 1. The van der Waals surface area contributed by atoms with E-state index < -0.39 is 0 Å². The van der Waals surface area contributed by atoms with Crippen LogP contribution in [0.1, 0.15) is 50.8 Å². The van der Waals surface area contributed by atoms with E-state index in [4.69, 9.17) is 4.74 Å². The van der Waals surface area contributed by atoms with Crippen LogP contribution >= 0.6 is 0 Å². The van der Waals surface area contributed by atoms with Gasteiger partial charge in [0.1, 0.15) is 11.6 Å². The highest BCUT2D eigenvalue weighted by Gasteiger charge is 2.51. The van der Waals surface area contributed by atoms with Crippen molar-refractivity contribution in [2.75, 3.05) is 5.32 Å². The molecule has 0 spiro atoms. The van der Waals surface area contributed by atoms with Gasteiger partial charge in [0.15, 0.2) is 5.82 Å². The van der Waals surface area contributed by atoms with E-state index in [1.165, 1.54) is 38.5 Å². The number of hydrogen-bond acceptors (Lipinski definition) is 5. The number of aromatic nitrogens is 4. The molecular formula is C26H29N5O2. The average molecular weight is 444 g/mol. The summed E-state index contributed by atoms with van der Waals surface area (Å²) >= 11 is 0. The summed E-state index contributed by atoms with van der Waals surface area (Å²) in [5, 5.41) is 11.5. The van der Waals surface area contributed by atoms with Gasteiger partial charge < -0.3 is 10.1 Å². The molecule has 0 saturated heterocycles. The van der Waals surface area contributed by atoms with Crippen LogP contribution in [0.3, 0.4) is 0 Å². The number of ether oxygens (including phenoxy) is 1. The van der Waals surface area contributed by atoms with E-state index in [9.17, 15) is 4.79 Å². The third kappa shape index (κ3) is 4.12. The molecule has 0 radical (unpaired) electrons. The van der Waals surface area contributed by atoms with E-state index in [2.05, 4.69) is 20.5 Å². The Bertz CT molecular complexity index is 1120. The summed E-state index contributed by atoms with van der Waals surface area (Å²) in [4.78, 5) is 17.1. The molecule has 2 heterocycles. The first kappa shape index (κ1) is 20.4. The number of nitrogens with zero attached hydrogens (tertiary/aromatic N) is 4. The summed E-state index contributed by atoms with van der Waals surface area (Å²) < 4.78 is 7.68. The highest BCUT2D eigenvalue weighted by molar-refractivity contribution is 5.91. The van der Waals surface area contributed by atoms with Crippen molar-refractivity contribution in [3.05, 3.63) is 54.6 Å². The van der Waals surface area contributed by atoms with Gasteiger partial charge >= 0.3 is 0 Å². The monoisotopic (exact) mass is 443 g/mol. The first-order valence-electron chi connectivity index (χ1n) is 12.0. The maximum absolute atomic E-state index is 12.9. The summed E-state index contributed by atoms with van der Waals surface area (Å²) in [7, 11) is 0. The Hall–Kier alpha value is -3.22. The van der Waals surface area contributed by atoms with E-state index in [0.29, 0.717) is 23.9 Å². The molecule has 7 nitrogen and oxygen atoms in total. The van der Waals surface area contributed by atoms with Gasteiger partial charge in [0.05, 0.1) is 0 Å². The van der Waals surface area contributed by atoms with Crippen LogP contribution in [0.5, 0.6) is 11.6 Å². The number of hydrogen-bond donors (Lipinski definition) is 1. The highest BCUT2D eigenvalue weighted by atomic mass is 16.5. The summed E-state index contributed by atoms with van der Waals surface area (Å²) in [6, 6.07) is 11.1. The molecular weight excluding hydrogens is 414 g/mol. The number of anilines is 1. The maximum atomic E-state index is 12.9. The van der Waals surface area contributed by atoms with Crippen LogP contribution in [0.2, 0.25) is 0 Å². The second kappa shape index (κ2) is 7.97. The zero-order valence-electron chi connectivity index (χ0n) is 18.9. The quantitative estimate of drug-likeness (QED) is 0.558. The molecule has 170 valence electrons. The Morgan fingerprint density at radius 1 is 1.03 bits per heavy atom. The fourth-order valence-corrected chi connectivity index (χ4v) is 6.90. The number of amides is 1. The number of rotatable bonds is 6. The fourth-order valence-electron chi connectivity index (χ4n) is 6.90. The Morgan fingerprint density at radius 3 is 2.30 bits per heavy atom. The Morgan fingerprint density at radius 2 is 1.73 bits per heavy atom. The number of aryl methyl sites for hydroxylation is 1. The van der Waals surface area contributed by atoms with Crippen LogP contribution in [0.25, 0.3) is 5.82 Å². The molecule has 0 unspecified atom stereocenters. The summed E-state index contributed by atoms with van der Waals surface area (Å²) in [6.45, 7) is 1.91. The number of carbonyl (C=O) groups is 1. The first-order valence-corrected chi connectivity index (χ1v) is 12.0. The van der Waals surface area contributed by atoms with Crippen LogP contribution in [0.15, 0.2) is 48.8 Å². The largest absolute Gasteiger partial charge is 0.438 e. The van der Waals surface area contributed by atoms with E-state index in [1.54, 1.807) is 12.3 Å². The molecule has 4 aliphatic carbocycles. The fraction of sp³-hybridized carbons (Fsp3) is 0.462. The minimum absolute atomic E-state index is 0.141. The van der Waals surface area contributed by atoms with Crippen molar-refractivity contribution in [3.63, 3.8) is 0 Å².